The van der Waals surface area contributed by atoms with E-state index in [1.165, 1.54) is 0 Å². The molecule has 0 aromatic carbocycles. The van der Waals surface area contributed by atoms with E-state index in [0.717, 1.165) is 17.4 Å². The van der Waals surface area contributed by atoms with Crippen molar-refractivity contribution in [3.63, 3.8) is 0 Å². The summed E-state index contributed by atoms with van der Waals surface area (Å²) in [7, 11) is 0. The Hall–Kier alpha value is -0.890. The molecule has 0 atom stereocenters. The lowest BCUT2D eigenvalue weighted by molar-refractivity contribution is -0.105. The molecular weight excluding hydrogens is 168 g/mol. The fraction of sp³-hybridized carbons (Fsp3) is 0.300. The molecule has 0 bridgehead atoms. The predicted octanol–water partition coefficient (Wildman–Crippen LogP) is 2.99. The summed E-state index contributed by atoms with van der Waals surface area (Å²) in [5.74, 6) is 0.308. The molecule has 0 N–H and O–H groups in total. The van der Waals surface area contributed by atoms with Crippen molar-refractivity contribution in [1.29, 1.82) is 0 Å². The zero-order chi connectivity index (χ0) is 8.97. The quantitative estimate of drug-likeness (QED) is 0.516. The van der Waals surface area contributed by atoms with E-state index in [1.54, 1.807) is 11.3 Å². The molecule has 0 spiro atoms. The van der Waals surface area contributed by atoms with Crippen LogP contribution in [0.3, 0.4) is 0 Å². The number of hydrogen-bond donors (Lipinski definition) is 0. The molecule has 1 heterocycles. The third-order valence-electron chi connectivity index (χ3n) is 1.68. The molecule has 0 unspecified atom stereocenters. The second-order valence-corrected chi connectivity index (χ2v) is 3.75. The third kappa shape index (κ3) is 2.31. The summed E-state index contributed by atoms with van der Waals surface area (Å²) in [6.45, 7) is 4.04. The molecule has 12 heavy (non-hydrogen) atoms. The van der Waals surface area contributed by atoms with E-state index in [0.29, 0.717) is 5.92 Å². The molecule has 0 fully saturated rings. The molecule has 0 saturated heterocycles. The van der Waals surface area contributed by atoms with Gasteiger partial charge in [0, 0.05) is 0 Å². The number of carbonyl (C=O) groups excluding carboxylic acids is 1. The van der Waals surface area contributed by atoms with Gasteiger partial charge in [0.2, 0.25) is 0 Å². The molecule has 0 aliphatic rings. The Labute approximate surface area is 76.7 Å². The van der Waals surface area contributed by atoms with Crippen LogP contribution >= 0.6 is 11.3 Å². The number of carbonyl (C=O) groups is 1. The Bertz CT molecular complexity index is 270. The summed E-state index contributed by atoms with van der Waals surface area (Å²) in [4.78, 5) is 10.6. The van der Waals surface area contributed by atoms with Gasteiger partial charge in [-0.15, -0.1) is 0 Å². The van der Waals surface area contributed by atoms with Gasteiger partial charge in [-0.25, -0.2) is 0 Å². The highest BCUT2D eigenvalue weighted by atomic mass is 32.1. The molecule has 0 radical (unpaired) electrons. The third-order valence-corrected chi connectivity index (χ3v) is 2.38. The van der Waals surface area contributed by atoms with Gasteiger partial charge in [-0.3, -0.25) is 4.79 Å². The highest BCUT2D eigenvalue weighted by Gasteiger charge is 2.00. The van der Waals surface area contributed by atoms with E-state index in [4.69, 9.17) is 0 Å². The lowest BCUT2D eigenvalue weighted by Gasteiger charge is -2.01. The van der Waals surface area contributed by atoms with E-state index in [2.05, 4.69) is 0 Å². The van der Waals surface area contributed by atoms with Crippen molar-refractivity contribution in [2.24, 2.45) is 5.92 Å². The van der Waals surface area contributed by atoms with Crippen LogP contribution in [0.5, 0.6) is 0 Å². The van der Waals surface area contributed by atoms with Gasteiger partial charge >= 0.3 is 0 Å². The molecular formula is C10H12OS. The lowest BCUT2D eigenvalue weighted by atomic mass is 10.0. The summed E-state index contributed by atoms with van der Waals surface area (Å²) < 4.78 is 0. The van der Waals surface area contributed by atoms with Crippen molar-refractivity contribution >= 4 is 23.7 Å². The van der Waals surface area contributed by atoms with Crippen molar-refractivity contribution in [3.8, 4) is 0 Å². The minimum atomic E-state index is 0.308. The number of thiophene rings is 1. The van der Waals surface area contributed by atoms with E-state index in [9.17, 15) is 4.79 Å². The van der Waals surface area contributed by atoms with Crippen LogP contribution in [-0.4, -0.2) is 6.29 Å². The van der Waals surface area contributed by atoms with Crippen molar-refractivity contribution in [2.75, 3.05) is 0 Å². The summed E-state index contributed by atoms with van der Waals surface area (Å²) >= 11 is 1.64. The Kier molecular flexibility index (Phi) is 3.23. The van der Waals surface area contributed by atoms with Crippen LogP contribution in [0, 0.1) is 5.92 Å². The van der Waals surface area contributed by atoms with Gasteiger partial charge in [0.25, 0.3) is 0 Å². The minimum absolute atomic E-state index is 0.308. The zero-order valence-corrected chi connectivity index (χ0v) is 8.10. The van der Waals surface area contributed by atoms with Crippen LogP contribution in [0.15, 0.2) is 22.4 Å². The van der Waals surface area contributed by atoms with Crippen molar-refractivity contribution in [2.45, 2.75) is 13.8 Å². The minimum Gasteiger partial charge on any atom is -0.298 e. The normalized spacial score (nSPS) is 12.1. The van der Waals surface area contributed by atoms with Crippen LogP contribution in [-0.2, 0) is 4.79 Å². The number of rotatable bonds is 3. The monoisotopic (exact) mass is 180 g/mol. The standard InChI is InChI=1S/C10H12OS/c1-8(2)10(6-11)5-9-3-4-12-7-9/h3-8H,1-2H3/b10-5+. The van der Waals surface area contributed by atoms with Crippen LogP contribution in [0.25, 0.3) is 6.08 Å². The van der Waals surface area contributed by atoms with Crippen molar-refractivity contribution < 1.29 is 4.79 Å². The first kappa shape index (κ1) is 9.20. The second kappa shape index (κ2) is 4.21. The smallest absolute Gasteiger partial charge is 0.146 e. The van der Waals surface area contributed by atoms with Crippen LogP contribution in [0.2, 0.25) is 0 Å². The topological polar surface area (TPSA) is 17.1 Å². The Morgan fingerprint density at radius 2 is 2.33 bits per heavy atom. The average molecular weight is 180 g/mol. The second-order valence-electron chi connectivity index (χ2n) is 2.97. The van der Waals surface area contributed by atoms with Gasteiger partial charge in [0.05, 0.1) is 0 Å². The van der Waals surface area contributed by atoms with Crippen molar-refractivity contribution in [1.82, 2.24) is 0 Å². The van der Waals surface area contributed by atoms with Gasteiger partial charge in [0.1, 0.15) is 6.29 Å². The summed E-state index contributed by atoms with van der Waals surface area (Å²) in [5, 5.41) is 4.04. The first-order valence-corrected chi connectivity index (χ1v) is 4.87. The van der Waals surface area contributed by atoms with Crippen LogP contribution in [0.4, 0.5) is 0 Å². The van der Waals surface area contributed by atoms with Gasteiger partial charge in [0.15, 0.2) is 0 Å². The molecule has 0 saturated carbocycles. The fourth-order valence-electron chi connectivity index (χ4n) is 0.886. The first-order valence-electron chi connectivity index (χ1n) is 3.93. The van der Waals surface area contributed by atoms with Crippen LogP contribution in [0.1, 0.15) is 19.4 Å². The summed E-state index contributed by atoms with van der Waals surface area (Å²) in [6.07, 6.45) is 2.87. The molecule has 64 valence electrons. The van der Waals surface area contributed by atoms with Crippen LogP contribution < -0.4 is 0 Å². The lowest BCUT2D eigenvalue weighted by Crippen LogP contribution is -1.94. The first-order chi connectivity index (χ1) is 5.74. The van der Waals surface area contributed by atoms with Gasteiger partial charge in [-0.1, -0.05) is 13.8 Å². The maximum atomic E-state index is 10.6. The summed E-state index contributed by atoms with van der Waals surface area (Å²) in [6, 6.07) is 2.01. The maximum absolute atomic E-state index is 10.6. The Morgan fingerprint density at radius 3 is 2.75 bits per heavy atom. The fourth-order valence-corrected chi connectivity index (χ4v) is 1.50. The highest BCUT2D eigenvalue weighted by Crippen LogP contribution is 2.14. The molecule has 1 nitrogen and oxygen atoms in total. The molecule has 1 aromatic heterocycles. The molecule has 0 aliphatic heterocycles. The zero-order valence-electron chi connectivity index (χ0n) is 7.28. The Balaban J connectivity index is 2.85. The highest BCUT2D eigenvalue weighted by molar-refractivity contribution is 7.08. The molecule has 1 rings (SSSR count). The van der Waals surface area contributed by atoms with Gasteiger partial charge in [-0.05, 0) is 40.0 Å². The van der Waals surface area contributed by atoms with Gasteiger partial charge in [-0.2, -0.15) is 11.3 Å². The number of hydrogen-bond acceptors (Lipinski definition) is 2. The molecule has 0 aliphatic carbocycles. The largest absolute Gasteiger partial charge is 0.298 e. The Morgan fingerprint density at radius 1 is 1.58 bits per heavy atom. The van der Waals surface area contributed by atoms with E-state index in [-0.39, 0.29) is 0 Å². The molecule has 1 aromatic rings. The maximum Gasteiger partial charge on any atom is 0.146 e. The van der Waals surface area contributed by atoms with E-state index >= 15 is 0 Å². The number of aldehydes is 1. The number of allylic oxidation sites excluding steroid dienone is 1. The van der Waals surface area contributed by atoms with Gasteiger partial charge < -0.3 is 0 Å². The average Bonchev–Trinajstić information content (AvgIpc) is 2.51. The van der Waals surface area contributed by atoms with E-state index in [1.807, 2.05) is 36.7 Å². The predicted molar refractivity (Wildman–Crippen MR) is 53.2 cm³/mol. The van der Waals surface area contributed by atoms with Crippen molar-refractivity contribution in [3.05, 3.63) is 28.0 Å². The molecule has 0 amide bonds. The van der Waals surface area contributed by atoms with E-state index < -0.39 is 0 Å². The summed E-state index contributed by atoms with van der Waals surface area (Å²) in [5.41, 5.74) is 1.98. The molecule has 2 heteroatoms. The SMILES string of the molecule is CC(C)/C(C=O)=C/c1ccsc1.